The monoisotopic (exact) mass is 461 g/mol. The van der Waals surface area contributed by atoms with Gasteiger partial charge in [-0.25, -0.2) is 14.7 Å². The number of aryl methyl sites for hydroxylation is 1. The van der Waals surface area contributed by atoms with Crippen LogP contribution in [-0.2, 0) is 16.0 Å². The first-order valence-corrected chi connectivity index (χ1v) is 10.9. The van der Waals surface area contributed by atoms with Crippen LogP contribution in [-0.4, -0.2) is 71.5 Å². The summed E-state index contributed by atoms with van der Waals surface area (Å²) in [7, 11) is 3.09. The highest BCUT2D eigenvalue weighted by atomic mass is 16.5. The number of ether oxygens (including phenoxy) is 2. The molecule has 4 amide bonds. The minimum atomic E-state index is -0.712. The van der Waals surface area contributed by atoms with Gasteiger partial charge in [-0.1, -0.05) is 6.07 Å². The fraction of sp³-hybridized carbons (Fsp3) is 0.375. The maximum atomic E-state index is 13.3. The van der Waals surface area contributed by atoms with Gasteiger partial charge in [-0.05, 0) is 42.7 Å². The van der Waals surface area contributed by atoms with E-state index in [1.807, 2.05) is 12.1 Å². The van der Waals surface area contributed by atoms with Gasteiger partial charge in [0.2, 0.25) is 5.91 Å². The number of pyridine rings is 1. The fourth-order valence-corrected chi connectivity index (χ4v) is 5.25. The highest BCUT2D eigenvalue weighted by molar-refractivity contribution is 6.22. The first-order valence-electron chi connectivity index (χ1n) is 10.9. The molecular weight excluding hydrogens is 438 g/mol. The summed E-state index contributed by atoms with van der Waals surface area (Å²) in [6.07, 6.45) is 2.10. The van der Waals surface area contributed by atoms with Gasteiger partial charge < -0.3 is 19.3 Å². The molecule has 5 rings (SSSR count). The molecule has 4 heterocycles. The number of benzene rings is 1. The summed E-state index contributed by atoms with van der Waals surface area (Å²) in [5.41, 5.74) is 1.94. The molecule has 34 heavy (non-hydrogen) atoms. The van der Waals surface area contributed by atoms with Crippen LogP contribution in [0.5, 0.6) is 11.5 Å². The van der Waals surface area contributed by atoms with Crippen molar-refractivity contribution < 1.29 is 23.9 Å². The lowest BCUT2D eigenvalue weighted by molar-refractivity contribution is -0.135. The first-order chi connectivity index (χ1) is 16.4. The van der Waals surface area contributed by atoms with Crippen LogP contribution in [0.3, 0.4) is 0 Å². The molecule has 0 saturated carbocycles. The van der Waals surface area contributed by atoms with Crippen molar-refractivity contribution >= 4 is 23.5 Å². The van der Waals surface area contributed by atoms with E-state index in [0.29, 0.717) is 35.7 Å². The molecule has 10 nitrogen and oxygen atoms in total. The number of aromatic nitrogens is 1. The van der Waals surface area contributed by atoms with E-state index in [-0.39, 0.29) is 36.0 Å². The van der Waals surface area contributed by atoms with Gasteiger partial charge >= 0.3 is 6.03 Å². The molecule has 3 aliphatic heterocycles. The molecule has 2 bridgehead atoms. The van der Waals surface area contributed by atoms with Gasteiger partial charge in [-0.2, -0.15) is 5.26 Å². The molecular formula is C24H23N5O5. The van der Waals surface area contributed by atoms with Crippen LogP contribution in [0.2, 0.25) is 0 Å². The van der Waals surface area contributed by atoms with Crippen molar-refractivity contribution in [3.63, 3.8) is 0 Å². The Morgan fingerprint density at radius 2 is 1.97 bits per heavy atom. The van der Waals surface area contributed by atoms with E-state index in [4.69, 9.17) is 14.7 Å². The molecule has 1 aromatic carbocycles. The third kappa shape index (κ3) is 3.15. The van der Waals surface area contributed by atoms with Crippen LogP contribution >= 0.6 is 0 Å². The minimum Gasteiger partial charge on any atom is -0.493 e. The molecule has 3 saturated heterocycles. The quantitative estimate of drug-likeness (QED) is 0.622. The van der Waals surface area contributed by atoms with Crippen LogP contribution < -0.4 is 14.4 Å². The number of hydrogen-bond donors (Lipinski definition) is 0. The summed E-state index contributed by atoms with van der Waals surface area (Å²) < 4.78 is 10.6. The normalized spacial score (nSPS) is 22.8. The van der Waals surface area contributed by atoms with Crippen molar-refractivity contribution in [1.82, 2.24) is 14.8 Å². The Balaban J connectivity index is 1.36. The highest BCUT2D eigenvalue weighted by Gasteiger charge is 2.62. The second-order valence-electron chi connectivity index (χ2n) is 8.65. The van der Waals surface area contributed by atoms with Crippen molar-refractivity contribution in [2.45, 2.75) is 37.9 Å². The van der Waals surface area contributed by atoms with Crippen LogP contribution in [0.4, 0.5) is 10.5 Å². The molecule has 174 valence electrons. The van der Waals surface area contributed by atoms with Gasteiger partial charge in [0, 0.05) is 6.54 Å². The van der Waals surface area contributed by atoms with Crippen molar-refractivity contribution in [2.24, 2.45) is 0 Å². The second-order valence-corrected chi connectivity index (χ2v) is 8.65. The fourth-order valence-electron chi connectivity index (χ4n) is 5.25. The number of carbonyl (C=O) groups is 3. The van der Waals surface area contributed by atoms with Crippen LogP contribution in [0, 0.1) is 18.3 Å². The molecule has 2 aromatic rings. The largest absolute Gasteiger partial charge is 0.493 e. The van der Waals surface area contributed by atoms with Crippen molar-refractivity contribution in [2.75, 3.05) is 25.7 Å². The summed E-state index contributed by atoms with van der Waals surface area (Å²) in [4.78, 5) is 48.2. The Morgan fingerprint density at radius 1 is 1.21 bits per heavy atom. The minimum absolute atomic E-state index is 0.103. The summed E-state index contributed by atoms with van der Waals surface area (Å²) in [6, 6.07) is 7.24. The first kappa shape index (κ1) is 21.7. The Kier molecular flexibility index (Phi) is 5.12. The van der Waals surface area contributed by atoms with Gasteiger partial charge in [0.1, 0.15) is 17.8 Å². The third-order valence-electron chi connectivity index (χ3n) is 6.82. The molecule has 0 spiro atoms. The lowest BCUT2D eigenvalue weighted by Gasteiger charge is -2.35. The molecule has 3 fully saturated rings. The number of nitrogens with zero attached hydrogens (tertiary/aromatic N) is 5. The summed E-state index contributed by atoms with van der Waals surface area (Å²) in [5.74, 6) is 0.652. The predicted octanol–water partition coefficient (Wildman–Crippen LogP) is 1.64. The maximum Gasteiger partial charge on any atom is 0.332 e. The average Bonchev–Trinajstić information content (AvgIpc) is 3.50. The molecule has 0 aliphatic carbocycles. The standard InChI is InChI=1S/C24H23N5O5/c1-13-6-15(11-26-17(13)10-25)29-23(31)22-18-9-16(28(22)24(29)32)12-27(18)21(30)8-14-4-5-19(33-2)20(7-14)34-3/h4-7,11,16,18,22H,8-9,12H2,1-3H3/t16-,18-,22-/m0/s1. The number of rotatable bonds is 5. The number of nitriles is 1. The van der Waals surface area contributed by atoms with E-state index in [0.717, 1.165) is 10.5 Å². The van der Waals surface area contributed by atoms with E-state index in [1.54, 1.807) is 42.0 Å². The SMILES string of the molecule is COc1ccc(CC(=O)N2C[C@@H]3C[C@H]2[C@H]2C(=O)N(c4cnc(C#N)c(C)c4)C(=O)N32)cc1OC. The number of methoxy groups -OCH3 is 2. The molecule has 0 unspecified atom stereocenters. The Morgan fingerprint density at radius 3 is 2.65 bits per heavy atom. The third-order valence-corrected chi connectivity index (χ3v) is 6.82. The van der Waals surface area contributed by atoms with Crippen LogP contribution in [0.15, 0.2) is 30.5 Å². The van der Waals surface area contributed by atoms with E-state index < -0.39 is 12.1 Å². The topological polar surface area (TPSA) is 116 Å². The lowest BCUT2D eigenvalue weighted by atomic mass is 10.1. The van der Waals surface area contributed by atoms with E-state index >= 15 is 0 Å². The highest BCUT2D eigenvalue weighted by Crippen LogP contribution is 2.42. The number of anilines is 1. The molecule has 3 aliphatic rings. The number of likely N-dealkylation sites (tertiary alicyclic amines) is 1. The Labute approximate surface area is 196 Å². The molecule has 10 heteroatoms. The zero-order valence-electron chi connectivity index (χ0n) is 19.0. The van der Waals surface area contributed by atoms with E-state index in [1.165, 1.54) is 13.3 Å². The van der Waals surface area contributed by atoms with Gasteiger partial charge in [-0.3, -0.25) is 9.59 Å². The van der Waals surface area contributed by atoms with Crippen LogP contribution in [0.25, 0.3) is 0 Å². The van der Waals surface area contributed by atoms with Crippen LogP contribution in [0.1, 0.15) is 23.2 Å². The lowest BCUT2D eigenvalue weighted by Crippen LogP contribution is -2.55. The number of amides is 4. The number of imide groups is 1. The van der Waals surface area contributed by atoms with Gasteiger partial charge in [0.05, 0.1) is 44.6 Å². The van der Waals surface area contributed by atoms with Crippen molar-refractivity contribution in [1.29, 1.82) is 5.26 Å². The van der Waals surface area contributed by atoms with Gasteiger partial charge in [0.25, 0.3) is 5.91 Å². The molecule has 3 atom stereocenters. The number of piperazine rings is 1. The zero-order valence-corrected chi connectivity index (χ0v) is 19.0. The van der Waals surface area contributed by atoms with Crippen molar-refractivity contribution in [3.05, 3.63) is 47.3 Å². The number of carbonyl (C=O) groups excluding carboxylic acids is 3. The predicted molar refractivity (Wildman–Crippen MR) is 119 cm³/mol. The summed E-state index contributed by atoms with van der Waals surface area (Å²) >= 11 is 0. The molecule has 0 N–H and O–H groups in total. The summed E-state index contributed by atoms with van der Waals surface area (Å²) in [6.45, 7) is 2.10. The Hall–Kier alpha value is -4.13. The van der Waals surface area contributed by atoms with E-state index in [9.17, 15) is 14.4 Å². The average molecular weight is 461 g/mol. The molecule has 0 radical (unpaired) electrons. The van der Waals surface area contributed by atoms with E-state index in [2.05, 4.69) is 4.98 Å². The van der Waals surface area contributed by atoms with Crippen molar-refractivity contribution in [3.8, 4) is 17.6 Å². The second kappa shape index (κ2) is 8.02. The Bertz CT molecular complexity index is 1250. The maximum absolute atomic E-state index is 13.3. The number of hydrogen-bond acceptors (Lipinski definition) is 7. The zero-order chi connectivity index (χ0) is 24.1. The van der Waals surface area contributed by atoms with Gasteiger partial charge in [-0.15, -0.1) is 0 Å². The number of fused-ring (bicyclic) bond motifs is 5. The molecule has 1 aromatic heterocycles. The summed E-state index contributed by atoms with van der Waals surface area (Å²) in [5, 5.41) is 9.11. The smallest absolute Gasteiger partial charge is 0.332 e. The van der Waals surface area contributed by atoms with Gasteiger partial charge in [0.15, 0.2) is 11.5 Å². The number of urea groups is 1.